The molecule has 3 heterocycles. The number of aryl methyl sites for hydroxylation is 2. The monoisotopic (exact) mass is 452 g/mol. The van der Waals surface area contributed by atoms with Gasteiger partial charge in [0.2, 0.25) is 5.88 Å². The predicted molar refractivity (Wildman–Crippen MR) is 121 cm³/mol. The standard InChI is InChI=1S/C22H24N6O3S/c1-13-21(17(29)12-24)32-22(25-13)16-4-3-15(11-23)9-18(16)31-20-10-19(26-14(2)27-20)28-5-7-30-8-6-28/h3-4,9-10,17,29H,5-8,12,24H2,1-2H3. The number of hydrogen-bond donors (Lipinski definition) is 2. The van der Waals surface area contributed by atoms with E-state index >= 15 is 0 Å². The highest BCUT2D eigenvalue weighted by Crippen LogP contribution is 2.39. The fourth-order valence-corrected chi connectivity index (χ4v) is 4.53. The van der Waals surface area contributed by atoms with E-state index in [9.17, 15) is 10.4 Å². The lowest BCUT2D eigenvalue weighted by molar-refractivity contribution is 0.122. The smallest absolute Gasteiger partial charge is 0.224 e. The maximum Gasteiger partial charge on any atom is 0.224 e. The lowest BCUT2D eigenvalue weighted by Crippen LogP contribution is -2.36. The average Bonchev–Trinajstić information content (AvgIpc) is 3.20. The van der Waals surface area contributed by atoms with Crippen LogP contribution in [0.1, 0.15) is 28.1 Å². The molecule has 1 atom stereocenters. The molecule has 0 aliphatic carbocycles. The highest BCUT2D eigenvalue weighted by molar-refractivity contribution is 7.15. The van der Waals surface area contributed by atoms with Gasteiger partial charge in [0.25, 0.3) is 0 Å². The van der Waals surface area contributed by atoms with Crippen LogP contribution in [-0.4, -0.2) is 52.9 Å². The van der Waals surface area contributed by atoms with Crippen LogP contribution in [0.5, 0.6) is 11.6 Å². The molecule has 3 N–H and O–H groups in total. The van der Waals surface area contributed by atoms with Gasteiger partial charge in [-0.05, 0) is 32.0 Å². The van der Waals surface area contributed by atoms with Gasteiger partial charge in [-0.1, -0.05) is 0 Å². The van der Waals surface area contributed by atoms with Crippen molar-refractivity contribution in [2.45, 2.75) is 20.0 Å². The third-order valence-electron chi connectivity index (χ3n) is 5.05. The summed E-state index contributed by atoms with van der Waals surface area (Å²) in [5, 5.41) is 20.2. The van der Waals surface area contributed by atoms with Gasteiger partial charge in [0.15, 0.2) is 0 Å². The zero-order chi connectivity index (χ0) is 22.7. The Hall–Kier alpha value is -3.10. The number of aliphatic hydroxyl groups excluding tert-OH is 1. The van der Waals surface area contributed by atoms with E-state index in [1.54, 1.807) is 24.3 Å². The number of benzene rings is 1. The van der Waals surface area contributed by atoms with E-state index in [2.05, 4.69) is 25.9 Å². The number of nitrogens with two attached hydrogens (primary N) is 1. The van der Waals surface area contributed by atoms with Gasteiger partial charge in [0, 0.05) is 25.7 Å². The molecule has 1 aromatic carbocycles. The van der Waals surface area contributed by atoms with Crippen LogP contribution in [0.25, 0.3) is 10.6 Å². The molecule has 1 fully saturated rings. The summed E-state index contributed by atoms with van der Waals surface area (Å²) in [5.41, 5.74) is 7.50. The van der Waals surface area contributed by atoms with Crippen molar-refractivity contribution in [3.05, 3.63) is 46.2 Å². The van der Waals surface area contributed by atoms with Crippen molar-refractivity contribution in [3.63, 3.8) is 0 Å². The van der Waals surface area contributed by atoms with Crippen LogP contribution < -0.4 is 15.4 Å². The number of nitrogens with zero attached hydrogens (tertiary/aromatic N) is 5. The van der Waals surface area contributed by atoms with Gasteiger partial charge in [-0.2, -0.15) is 10.2 Å². The maximum absolute atomic E-state index is 10.2. The summed E-state index contributed by atoms with van der Waals surface area (Å²) >= 11 is 1.35. The minimum Gasteiger partial charge on any atom is -0.438 e. The number of ether oxygens (including phenoxy) is 2. The van der Waals surface area contributed by atoms with Gasteiger partial charge < -0.3 is 25.2 Å². The molecule has 166 valence electrons. The Labute approximate surface area is 190 Å². The molecule has 0 saturated carbocycles. The molecule has 32 heavy (non-hydrogen) atoms. The second kappa shape index (κ2) is 9.58. The molecule has 0 radical (unpaired) electrons. The van der Waals surface area contributed by atoms with E-state index in [4.69, 9.17) is 15.2 Å². The van der Waals surface area contributed by atoms with Crippen molar-refractivity contribution < 1.29 is 14.6 Å². The van der Waals surface area contributed by atoms with Crippen molar-refractivity contribution >= 4 is 17.2 Å². The van der Waals surface area contributed by atoms with Crippen molar-refractivity contribution in [2.75, 3.05) is 37.7 Å². The number of nitriles is 1. The zero-order valence-corrected chi connectivity index (χ0v) is 18.7. The molecule has 1 aliphatic heterocycles. The number of aliphatic hydroxyl groups is 1. The summed E-state index contributed by atoms with van der Waals surface area (Å²) in [6, 6.07) is 9.10. The molecule has 0 amide bonds. The van der Waals surface area contributed by atoms with Crippen molar-refractivity contribution in [2.24, 2.45) is 5.73 Å². The summed E-state index contributed by atoms with van der Waals surface area (Å²) in [5.74, 6) is 2.19. The first kappa shape index (κ1) is 22.1. The van der Waals surface area contributed by atoms with Crippen LogP contribution in [0.15, 0.2) is 24.3 Å². The fraction of sp³-hybridized carbons (Fsp3) is 0.364. The van der Waals surface area contributed by atoms with Crippen molar-refractivity contribution in [1.29, 1.82) is 5.26 Å². The number of morpholine rings is 1. The van der Waals surface area contributed by atoms with Gasteiger partial charge in [-0.3, -0.25) is 0 Å². The summed E-state index contributed by atoms with van der Waals surface area (Å²) in [6.45, 7) is 6.55. The van der Waals surface area contributed by atoms with Crippen LogP contribution in [-0.2, 0) is 4.74 Å². The summed E-state index contributed by atoms with van der Waals surface area (Å²) in [4.78, 5) is 16.4. The number of anilines is 1. The Morgan fingerprint density at radius 3 is 2.75 bits per heavy atom. The van der Waals surface area contributed by atoms with E-state index in [0.29, 0.717) is 57.4 Å². The largest absolute Gasteiger partial charge is 0.438 e. The van der Waals surface area contributed by atoms with E-state index in [1.807, 2.05) is 13.8 Å². The summed E-state index contributed by atoms with van der Waals surface area (Å²) in [6.07, 6.45) is -0.774. The molecule has 1 unspecified atom stereocenters. The molecule has 4 rings (SSSR count). The first-order valence-corrected chi connectivity index (χ1v) is 11.1. The Morgan fingerprint density at radius 2 is 2.03 bits per heavy atom. The van der Waals surface area contributed by atoms with E-state index in [-0.39, 0.29) is 6.54 Å². The van der Waals surface area contributed by atoms with Gasteiger partial charge in [0.05, 0.1) is 41.0 Å². The first-order chi connectivity index (χ1) is 15.5. The van der Waals surface area contributed by atoms with Crippen LogP contribution in [0.2, 0.25) is 0 Å². The second-order valence-electron chi connectivity index (χ2n) is 7.36. The van der Waals surface area contributed by atoms with Gasteiger partial charge >= 0.3 is 0 Å². The SMILES string of the molecule is Cc1nc(Oc2cc(C#N)ccc2-c2nc(C)c(C(O)CN)s2)cc(N2CCOCC2)n1. The van der Waals surface area contributed by atoms with Crippen LogP contribution in [0.3, 0.4) is 0 Å². The van der Waals surface area contributed by atoms with Gasteiger partial charge in [0.1, 0.15) is 28.5 Å². The summed E-state index contributed by atoms with van der Waals surface area (Å²) in [7, 11) is 0. The predicted octanol–water partition coefficient (Wildman–Crippen LogP) is 2.71. The highest BCUT2D eigenvalue weighted by Gasteiger charge is 2.20. The molecule has 3 aromatic rings. The normalized spacial score (nSPS) is 14.8. The molecule has 1 aliphatic rings. The Morgan fingerprint density at radius 1 is 1.25 bits per heavy atom. The highest BCUT2D eigenvalue weighted by atomic mass is 32.1. The topological polar surface area (TPSA) is 130 Å². The van der Waals surface area contributed by atoms with Crippen LogP contribution in [0.4, 0.5) is 5.82 Å². The molecular weight excluding hydrogens is 428 g/mol. The van der Waals surface area contributed by atoms with Crippen LogP contribution >= 0.6 is 11.3 Å². The quantitative estimate of drug-likeness (QED) is 0.579. The average molecular weight is 453 g/mol. The molecule has 0 bridgehead atoms. The Kier molecular flexibility index (Phi) is 6.62. The van der Waals surface area contributed by atoms with Crippen molar-refractivity contribution in [3.8, 4) is 28.3 Å². The molecular formula is C22H24N6O3S. The molecule has 0 spiro atoms. The minimum absolute atomic E-state index is 0.115. The van der Waals surface area contributed by atoms with Gasteiger partial charge in [-0.15, -0.1) is 11.3 Å². The number of thiazole rings is 1. The molecule has 10 heteroatoms. The summed E-state index contributed by atoms with van der Waals surface area (Å²) < 4.78 is 11.6. The Bertz CT molecular complexity index is 1150. The number of aromatic nitrogens is 3. The fourth-order valence-electron chi connectivity index (χ4n) is 3.44. The van der Waals surface area contributed by atoms with Crippen molar-refractivity contribution in [1.82, 2.24) is 15.0 Å². The number of rotatable bonds is 6. The maximum atomic E-state index is 10.2. The molecule has 9 nitrogen and oxygen atoms in total. The minimum atomic E-state index is -0.774. The third-order valence-corrected chi connectivity index (χ3v) is 6.34. The first-order valence-electron chi connectivity index (χ1n) is 10.2. The van der Waals surface area contributed by atoms with Gasteiger partial charge in [-0.25, -0.2) is 9.97 Å². The van der Waals surface area contributed by atoms with E-state index in [1.165, 1.54) is 11.3 Å². The van der Waals surface area contributed by atoms with Crippen LogP contribution in [0, 0.1) is 25.2 Å². The lowest BCUT2D eigenvalue weighted by atomic mass is 10.1. The number of hydrogen-bond acceptors (Lipinski definition) is 10. The zero-order valence-electron chi connectivity index (χ0n) is 17.9. The third kappa shape index (κ3) is 4.71. The molecule has 2 aromatic heterocycles. The van der Waals surface area contributed by atoms with E-state index in [0.717, 1.165) is 18.9 Å². The van der Waals surface area contributed by atoms with E-state index < -0.39 is 6.10 Å². The lowest BCUT2D eigenvalue weighted by Gasteiger charge is -2.28. The Balaban J connectivity index is 1.71. The molecule has 1 saturated heterocycles. The second-order valence-corrected chi connectivity index (χ2v) is 8.39.